The van der Waals surface area contributed by atoms with Crippen LogP contribution in [0.4, 0.5) is 10.5 Å². The third kappa shape index (κ3) is 5.42. The summed E-state index contributed by atoms with van der Waals surface area (Å²) in [7, 11) is 1.64. The third-order valence-corrected chi connectivity index (χ3v) is 6.34. The number of methoxy groups -OCH3 is 1. The standard InChI is InChI=1S/C26H32N4O3/c1-4-19-16-23-24(15-18(19)2)27-17-28-25(23)20-9-11-30(12-10-20)26(31)29-21-5-7-22(8-6-21)33-14-13-32-3/h5-8,15-17,20H,4,9-14H2,1-3H3,(H,29,31). The van der Waals surface area contributed by atoms with Crippen LogP contribution in [0.2, 0.25) is 0 Å². The second-order valence-electron chi connectivity index (χ2n) is 8.47. The van der Waals surface area contributed by atoms with E-state index >= 15 is 0 Å². The van der Waals surface area contributed by atoms with Gasteiger partial charge in [-0.1, -0.05) is 6.92 Å². The zero-order chi connectivity index (χ0) is 23.2. The lowest BCUT2D eigenvalue weighted by Crippen LogP contribution is -2.40. The van der Waals surface area contributed by atoms with Gasteiger partial charge in [-0.25, -0.2) is 14.8 Å². The fourth-order valence-electron chi connectivity index (χ4n) is 4.41. The number of likely N-dealkylation sites (tertiary alicyclic amines) is 1. The Kier molecular flexibility index (Phi) is 7.40. The van der Waals surface area contributed by atoms with E-state index in [0.29, 0.717) is 32.2 Å². The minimum absolute atomic E-state index is 0.0714. The molecule has 1 aromatic heterocycles. The molecule has 0 unspecified atom stereocenters. The maximum Gasteiger partial charge on any atom is 0.321 e. The lowest BCUT2D eigenvalue weighted by atomic mass is 9.90. The van der Waals surface area contributed by atoms with E-state index in [4.69, 9.17) is 9.47 Å². The molecule has 7 heteroatoms. The number of carbonyl (C=O) groups excluding carboxylic acids is 1. The number of amides is 2. The molecule has 1 aliphatic heterocycles. The van der Waals surface area contributed by atoms with Crippen LogP contribution >= 0.6 is 0 Å². The first-order valence-corrected chi connectivity index (χ1v) is 11.6. The summed E-state index contributed by atoms with van der Waals surface area (Å²) in [4.78, 5) is 23.8. The molecule has 1 saturated heterocycles. The summed E-state index contributed by atoms with van der Waals surface area (Å²) < 4.78 is 10.6. The number of ether oxygens (including phenoxy) is 2. The van der Waals surface area contributed by atoms with Gasteiger partial charge in [0.15, 0.2) is 0 Å². The van der Waals surface area contributed by atoms with E-state index in [-0.39, 0.29) is 6.03 Å². The van der Waals surface area contributed by atoms with Crippen molar-refractivity contribution >= 4 is 22.6 Å². The first-order valence-electron chi connectivity index (χ1n) is 11.6. The maximum absolute atomic E-state index is 12.8. The number of hydrogen-bond donors (Lipinski definition) is 1. The molecular formula is C26H32N4O3. The van der Waals surface area contributed by atoms with Crippen molar-refractivity contribution in [2.45, 2.75) is 39.0 Å². The van der Waals surface area contributed by atoms with Crippen LogP contribution in [0.3, 0.4) is 0 Å². The molecule has 2 amide bonds. The number of urea groups is 1. The van der Waals surface area contributed by atoms with Crippen molar-refractivity contribution in [1.82, 2.24) is 14.9 Å². The number of benzene rings is 2. The number of anilines is 1. The Balaban J connectivity index is 1.36. The molecule has 2 heterocycles. The van der Waals surface area contributed by atoms with E-state index in [2.05, 4.69) is 41.3 Å². The smallest absolute Gasteiger partial charge is 0.321 e. The summed E-state index contributed by atoms with van der Waals surface area (Å²) in [6.45, 7) is 6.76. The van der Waals surface area contributed by atoms with Gasteiger partial charge in [-0.2, -0.15) is 0 Å². The van der Waals surface area contributed by atoms with Crippen molar-refractivity contribution < 1.29 is 14.3 Å². The molecule has 0 bridgehead atoms. The monoisotopic (exact) mass is 448 g/mol. The minimum atomic E-state index is -0.0714. The number of nitrogens with zero attached hydrogens (tertiary/aromatic N) is 3. The summed E-state index contributed by atoms with van der Waals surface area (Å²) in [5.41, 5.74) is 5.48. The first kappa shape index (κ1) is 23.0. The number of carbonyl (C=O) groups is 1. The Morgan fingerprint density at radius 2 is 1.88 bits per heavy atom. The van der Waals surface area contributed by atoms with E-state index < -0.39 is 0 Å². The van der Waals surface area contributed by atoms with Gasteiger partial charge in [-0.05, 0) is 73.7 Å². The molecule has 2 aromatic carbocycles. The second-order valence-corrected chi connectivity index (χ2v) is 8.47. The third-order valence-electron chi connectivity index (χ3n) is 6.34. The predicted molar refractivity (Wildman–Crippen MR) is 130 cm³/mol. The normalized spacial score (nSPS) is 14.5. The van der Waals surface area contributed by atoms with E-state index in [9.17, 15) is 4.79 Å². The summed E-state index contributed by atoms with van der Waals surface area (Å²) >= 11 is 0. The highest BCUT2D eigenvalue weighted by atomic mass is 16.5. The molecule has 174 valence electrons. The van der Waals surface area contributed by atoms with Crippen molar-refractivity contribution in [3.05, 3.63) is 59.5 Å². The highest BCUT2D eigenvalue weighted by molar-refractivity contribution is 5.89. The molecular weight excluding hydrogens is 416 g/mol. The average molecular weight is 449 g/mol. The largest absolute Gasteiger partial charge is 0.491 e. The molecule has 3 aromatic rings. The van der Waals surface area contributed by atoms with Crippen LogP contribution in [0.1, 0.15) is 42.5 Å². The molecule has 0 spiro atoms. The topological polar surface area (TPSA) is 76.6 Å². The molecule has 0 radical (unpaired) electrons. The molecule has 1 fully saturated rings. The molecule has 0 aliphatic carbocycles. The van der Waals surface area contributed by atoms with Crippen LogP contribution in [0.5, 0.6) is 5.75 Å². The Labute approximate surface area is 195 Å². The van der Waals surface area contributed by atoms with Crippen LogP contribution in [-0.2, 0) is 11.2 Å². The number of nitrogens with one attached hydrogen (secondary N) is 1. The summed E-state index contributed by atoms with van der Waals surface area (Å²) in [5.74, 6) is 1.08. The molecule has 4 rings (SSSR count). The van der Waals surface area contributed by atoms with E-state index in [1.54, 1.807) is 13.4 Å². The van der Waals surface area contributed by atoms with Crippen molar-refractivity contribution in [1.29, 1.82) is 0 Å². The zero-order valence-electron chi connectivity index (χ0n) is 19.6. The maximum atomic E-state index is 12.8. The first-order chi connectivity index (χ1) is 16.1. The van der Waals surface area contributed by atoms with Gasteiger partial charge >= 0.3 is 6.03 Å². The second kappa shape index (κ2) is 10.6. The quantitative estimate of drug-likeness (QED) is 0.518. The van der Waals surface area contributed by atoms with Crippen LogP contribution in [0, 0.1) is 6.92 Å². The van der Waals surface area contributed by atoms with Crippen molar-refractivity contribution in [2.24, 2.45) is 0 Å². The fraction of sp³-hybridized carbons (Fsp3) is 0.423. The molecule has 7 nitrogen and oxygen atoms in total. The van der Waals surface area contributed by atoms with E-state index in [1.165, 1.54) is 11.1 Å². The zero-order valence-corrected chi connectivity index (χ0v) is 19.6. The van der Waals surface area contributed by atoms with Gasteiger partial charge in [0, 0.05) is 37.2 Å². The average Bonchev–Trinajstić information content (AvgIpc) is 2.84. The molecule has 0 atom stereocenters. The highest BCUT2D eigenvalue weighted by Gasteiger charge is 2.26. The van der Waals surface area contributed by atoms with Gasteiger partial charge in [0.1, 0.15) is 18.7 Å². The summed E-state index contributed by atoms with van der Waals surface area (Å²) in [6, 6.07) is 11.8. The number of fused-ring (bicyclic) bond motifs is 1. The van der Waals surface area contributed by atoms with Gasteiger partial charge in [0.25, 0.3) is 0 Å². The van der Waals surface area contributed by atoms with Gasteiger partial charge in [0.05, 0.1) is 17.8 Å². The molecule has 1 aliphatic rings. The van der Waals surface area contributed by atoms with Crippen molar-refractivity contribution in [3.63, 3.8) is 0 Å². The van der Waals surface area contributed by atoms with Gasteiger partial charge in [0.2, 0.25) is 0 Å². The van der Waals surface area contributed by atoms with E-state index in [1.807, 2.05) is 29.2 Å². The van der Waals surface area contributed by atoms with Crippen molar-refractivity contribution in [2.75, 3.05) is 38.7 Å². The van der Waals surface area contributed by atoms with Crippen LogP contribution < -0.4 is 10.1 Å². The number of aromatic nitrogens is 2. The lowest BCUT2D eigenvalue weighted by molar-refractivity contribution is 0.146. The number of aryl methyl sites for hydroxylation is 2. The number of hydrogen-bond acceptors (Lipinski definition) is 5. The van der Waals surface area contributed by atoms with Crippen LogP contribution in [0.15, 0.2) is 42.7 Å². The fourth-order valence-corrected chi connectivity index (χ4v) is 4.41. The predicted octanol–water partition coefficient (Wildman–Crippen LogP) is 4.94. The lowest BCUT2D eigenvalue weighted by Gasteiger charge is -2.32. The summed E-state index contributed by atoms with van der Waals surface area (Å²) in [5, 5.41) is 4.14. The Morgan fingerprint density at radius 3 is 2.58 bits per heavy atom. The molecule has 1 N–H and O–H groups in total. The van der Waals surface area contributed by atoms with Gasteiger partial charge < -0.3 is 19.7 Å². The Hall–Kier alpha value is -3.19. The Morgan fingerprint density at radius 1 is 1.12 bits per heavy atom. The van der Waals surface area contributed by atoms with Gasteiger partial charge in [-0.3, -0.25) is 0 Å². The number of rotatable bonds is 7. The SMILES string of the molecule is CCc1cc2c(C3CCN(C(=O)Nc4ccc(OCCOC)cc4)CC3)ncnc2cc1C. The minimum Gasteiger partial charge on any atom is -0.491 e. The molecule has 0 saturated carbocycles. The van der Waals surface area contributed by atoms with Crippen LogP contribution in [-0.4, -0.2) is 54.3 Å². The van der Waals surface area contributed by atoms with E-state index in [0.717, 1.165) is 47.3 Å². The highest BCUT2D eigenvalue weighted by Crippen LogP contribution is 2.32. The van der Waals surface area contributed by atoms with Gasteiger partial charge in [-0.15, -0.1) is 0 Å². The van der Waals surface area contributed by atoms with Crippen molar-refractivity contribution in [3.8, 4) is 5.75 Å². The summed E-state index contributed by atoms with van der Waals surface area (Å²) in [6.07, 6.45) is 4.45. The molecule has 33 heavy (non-hydrogen) atoms. The number of piperidine rings is 1. The Bertz CT molecular complexity index is 1090. The van der Waals surface area contributed by atoms with Crippen LogP contribution in [0.25, 0.3) is 10.9 Å².